The highest BCUT2D eigenvalue weighted by Gasteiger charge is 2.23. The first-order valence-corrected chi connectivity index (χ1v) is 7.23. The maximum absolute atomic E-state index is 12.1. The summed E-state index contributed by atoms with van der Waals surface area (Å²) in [5, 5.41) is 9.21. The Balaban J connectivity index is 1.74. The number of phenolic OH excluding ortho intramolecular Hbond substituents is 1. The van der Waals surface area contributed by atoms with Crippen LogP contribution in [0.5, 0.6) is 5.75 Å². The van der Waals surface area contributed by atoms with Crippen LogP contribution >= 0.6 is 0 Å². The van der Waals surface area contributed by atoms with Gasteiger partial charge in [0.05, 0.1) is 6.42 Å². The van der Waals surface area contributed by atoms with Crippen molar-refractivity contribution in [2.24, 2.45) is 11.7 Å². The van der Waals surface area contributed by atoms with Gasteiger partial charge < -0.3 is 15.7 Å². The maximum Gasteiger partial charge on any atom is 0.226 e. The van der Waals surface area contributed by atoms with E-state index in [0.717, 1.165) is 18.4 Å². The molecule has 1 aliphatic heterocycles. The van der Waals surface area contributed by atoms with E-state index in [4.69, 9.17) is 5.73 Å². The van der Waals surface area contributed by atoms with Gasteiger partial charge in [-0.25, -0.2) is 0 Å². The molecular formula is C16H21N2O3. The Bertz CT molecular complexity index is 491. The Kier molecular flexibility index (Phi) is 5.20. The molecule has 0 saturated carbocycles. The molecule has 1 fully saturated rings. The molecule has 1 aromatic carbocycles. The molecule has 2 rings (SSSR count). The average molecular weight is 289 g/mol. The topological polar surface area (TPSA) is 83.6 Å². The lowest BCUT2D eigenvalue weighted by atomic mass is 9.93. The third-order valence-corrected chi connectivity index (χ3v) is 3.86. The van der Waals surface area contributed by atoms with Crippen LogP contribution in [-0.2, 0) is 16.0 Å². The summed E-state index contributed by atoms with van der Waals surface area (Å²) in [6.07, 6.45) is 4.31. The molecule has 3 N–H and O–H groups in total. The number of carbonyl (C=O) groups is 2. The van der Waals surface area contributed by atoms with Gasteiger partial charge >= 0.3 is 0 Å². The van der Waals surface area contributed by atoms with Gasteiger partial charge in [0.25, 0.3) is 0 Å². The fourth-order valence-electron chi connectivity index (χ4n) is 2.61. The molecule has 0 bridgehead atoms. The number of primary amides is 1. The first-order valence-electron chi connectivity index (χ1n) is 7.23. The van der Waals surface area contributed by atoms with E-state index < -0.39 is 0 Å². The third-order valence-electron chi connectivity index (χ3n) is 3.86. The predicted octanol–water partition coefficient (Wildman–Crippen LogP) is 1.25. The number of rotatable bonds is 5. The lowest BCUT2D eigenvalue weighted by molar-refractivity contribution is -0.129. The second kappa shape index (κ2) is 7.11. The molecule has 1 radical (unpaired) electrons. The number of likely N-dealkylation sites (tertiary alicyclic amines) is 1. The molecule has 113 valence electrons. The third kappa shape index (κ3) is 4.77. The van der Waals surface area contributed by atoms with Gasteiger partial charge in [-0.05, 0) is 42.9 Å². The van der Waals surface area contributed by atoms with Gasteiger partial charge in [0.2, 0.25) is 11.8 Å². The molecule has 1 saturated heterocycles. The van der Waals surface area contributed by atoms with Gasteiger partial charge in [-0.15, -0.1) is 0 Å². The number of hydrogen-bond donors (Lipinski definition) is 2. The SMILES string of the molecule is NC(=O)CC1CCN(C(=O)[CH]Cc2ccc(O)cc2)CC1. The smallest absolute Gasteiger partial charge is 0.226 e. The quantitative estimate of drug-likeness (QED) is 0.855. The minimum absolute atomic E-state index is 0.0283. The molecule has 1 aromatic rings. The molecule has 1 heterocycles. The van der Waals surface area contributed by atoms with E-state index in [0.29, 0.717) is 31.8 Å². The number of amides is 2. The average Bonchev–Trinajstić information content (AvgIpc) is 2.46. The number of phenols is 1. The molecule has 0 aliphatic carbocycles. The lowest BCUT2D eigenvalue weighted by Crippen LogP contribution is -2.39. The highest BCUT2D eigenvalue weighted by molar-refractivity contribution is 5.85. The number of nitrogens with zero attached hydrogens (tertiary/aromatic N) is 1. The van der Waals surface area contributed by atoms with E-state index >= 15 is 0 Å². The lowest BCUT2D eigenvalue weighted by Gasteiger charge is -2.31. The summed E-state index contributed by atoms with van der Waals surface area (Å²) in [6, 6.07) is 6.84. The fourth-order valence-corrected chi connectivity index (χ4v) is 2.61. The van der Waals surface area contributed by atoms with Crippen molar-refractivity contribution in [2.75, 3.05) is 13.1 Å². The first kappa shape index (κ1) is 15.4. The number of carbonyl (C=O) groups excluding carboxylic acids is 2. The number of hydrogen-bond acceptors (Lipinski definition) is 3. The molecule has 0 spiro atoms. The van der Waals surface area contributed by atoms with Gasteiger partial charge in [0.1, 0.15) is 5.75 Å². The summed E-state index contributed by atoms with van der Waals surface area (Å²) in [5.41, 5.74) is 6.19. The standard InChI is InChI=1S/C16H21N2O3/c17-15(20)11-13-7-9-18(10-8-13)16(21)6-3-12-1-4-14(19)5-2-12/h1-2,4-6,13,19H,3,7-11H2,(H2,17,20). The van der Waals surface area contributed by atoms with Crippen LogP contribution in [-0.4, -0.2) is 34.9 Å². The number of nitrogens with two attached hydrogens (primary N) is 1. The molecule has 21 heavy (non-hydrogen) atoms. The Morgan fingerprint density at radius 3 is 2.43 bits per heavy atom. The van der Waals surface area contributed by atoms with Crippen LogP contribution in [0.25, 0.3) is 0 Å². The number of piperidine rings is 1. The monoisotopic (exact) mass is 289 g/mol. The molecule has 5 heteroatoms. The summed E-state index contributed by atoms with van der Waals surface area (Å²) >= 11 is 0. The molecule has 2 amide bonds. The van der Waals surface area contributed by atoms with Crippen molar-refractivity contribution in [3.05, 3.63) is 36.2 Å². The van der Waals surface area contributed by atoms with E-state index in [1.165, 1.54) is 0 Å². The van der Waals surface area contributed by atoms with Gasteiger partial charge in [-0.2, -0.15) is 0 Å². The molecule has 0 aromatic heterocycles. The van der Waals surface area contributed by atoms with E-state index in [2.05, 4.69) is 0 Å². The van der Waals surface area contributed by atoms with Crippen LogP contribution < -0.4 is 5.73 Å². The number of benzene rings is 1. The summed E-state index contributed by atoms with van der Waals surface area (Å²) in [5.74, 6) is 0.296. The summed E-state index contributed by atoms with van der Waals surface area (Å²) in [7, 11) is 0. The zero-order chi connectivity index (χ0) is 15.2. The van der Waals surface area contributed by atoms with E-state index in [9.17, 15) is 14.7 Å². The van der Waals surface area contributed by atoms with Crippen molar-refractivity contribution in [3.63, 3.8) is 0 Å². The van der Waals surface area contributed by atoms with E-state index in [1.807, 2.05) is 4.90 Å². The fraction of sp³-hybridized carbons (Fsp3) is 0.438. The first-order chi connectivity index (χ1) is 10.0. The van der Waals surface area contributed by atoms with Crippen LogP contribution in [0.2, 0.25) is 0 Å². The number of aromatic hydroxyl groups is 1. The van der Waals surface area contributed by atoms with Crippen molar-refractivity contribution >= 4 is 11.8 Å². The van der Waals surface area contributed by atoms with Gasteiger partial charge in [-0.1, -0.05) is 12.1 Å². The Morgan fingerprint density at radius 2 is 1.86 bits per heavy atom. The second-order valence-electron chi connectivity index (χ2n) is 5.51. The highest BCUT2D eigenvalue weighted by Crippen LogP contribution is 2.21. The largest absolute Gasteiger partial charge is 0.508 e. The molecule has 5 nitrogen and oxygen atoms in total. The Hall–Kier alpha value is -2.04. The van der Waals surface area contributed by atoms with Crippen molar-refractivity contribution in [2.45, 2.75) is 25.7 Å². The van der Waals surface area contributed by atoms with Crippen molar-refractivity contribution in [3.8, 4) is 5.75 Å². The zero-order valence-corrected chi connectivity index (χ0v) is 12.0. The van der Waals surface area contributed by atoms with Crippen molar-refractivity contribution in [1.82, 2.24) is 4.90 Å². The van der Waals surface area contributed by atoms with E-state index in [1.54, 1.807) is 30.7 Å². The second-order valence-corrected chi connectivity index (χ2v) is 5.51. The maximum atomic E-state index is 12.1. The van der Waals surface area contributed by atoms with Crippen LogP contribution in [0.3, 0.4) is 0 Å². The summed E-state index contributed by atoms with van der Waals surface area (Å²) < 4.78 is 0. The van der Waals surface area contributed by atoms with Crippen LogP contribution in [0.1, 0.15) is 24.8 Å². The van der Waals surface area contributed by atoms with Crippen LogP contribution in [0.15, 0.2) is 24.3 Å². The predicted molar refractivity (Wildman–Crippen MR) is 79.2 cm³/mol. The normalized spacial score (nSPS) is 15.9. The van der Waals surface area contributed by atoms with Crippen molar-refractivity contribution in [1.29, 1.82) is 0 Å². The summed E-state index contributed by atoms with van der Waals surface area (Å²) in [6.45, 7) is 1.37. The molecule has 1 aliphatic rings. The van der Waals surface area contributed by atoms with Gasteiger partial charge in [-0.3, -0.25) is 9.59 Å². The molecular weight excluding hydrogens is 268 g/mol. The minimum Gasteiger partial charge on any atom is -0.508 e. The zero-order valence-electron chi connectivity index (χ0n) is 12.0. The molecule has 0 unspecified atom stereocenters. The van der Waals surface area contributed by atoms with Gasteiger partial charge in [0.15, 0.2) is 0 Å². The Morgan fingerprint density at radius 1 is 1.24 bits per heavy atom. The van der Waals surface area contributed by atoms with Crippen molar-refractivity contribution < 1.29 is 14.7 Å². The van der Waals surface area contributed by atoms with Crippen LogP contribution in [0, 0.1) is 12.3 Å². The van der Waals surface area contributed by atoms with E-state index in [-0.39, 0.29) is 17.6 Å². The molecule has 0 atom stereocenters. The Labute approximate surface area is 124 Å². The van der Waals surface area contributed by atoms with Crippen LogP contribution in [0.4, 0.5) is 0 Å². The van der Waals surface area contributed by atoms with Gasteiger partial charge in [0, 0.05) is 19.5 Å². The highest BCUT2D eigenvalue weighted by atomic mass is 16.3. The summed E-state index contributed by atoms with van der Waals surface area (Å²) in [4.78, 5) is 24.8. The minimum atomic E-state index is -0.265.